The van der Waals surface area contributed by atoms with E-state index in [9.17, 15) is 9.59 Å². The molecule has 6 nitrogen and oxygen atoms in total. The standard InChI is InChI=1S/C28H41N3O3/c1-22(32)31-19-25(20-31)27(33)30-14-12-28(13-15-30)11-5-4-7-24-6-2-3-8-26(24)34-17-16-29(21-28)18-23-9-10-23/h2-3,6,8,23,25H,4-5,7,9-21H2,1H3. The number of aryl methyl sites for hydroxylation is 1. The van der Waals surface area contributed by atoms with Crippen molar-refractivity contribution in [3.63, 3.8) is 0 Å². The second-order valence-corrected chi connectivity index (χ2v) is 11.3. The van der Waals surface area contributed by atoms with Crippen molar-refractivity contribution in [2.75, 3.05) is 52.4 Å². The van der Waals surface area contributed by atoms with Gasteiger partial charge in [-0.2, -0.15) is 0 Å². The van der Waals surface area contributed by atoms with Crippen molar-refractivity contribution in [2.24, 2.45) is 17.3 Å². The van der Waals surface area contributed by atoms with E-state index in [1.807, 2.05) is 0 Å². The molecule has 0 radical (unpaired) electrons. The summed E-state index contributed by atoms with van der Waals surface area (Å²) in [5.74, 6) is 2.28. The zero-order chi connectivity index (χ0) is 23.5. The molecule has 5 rings (SSSR count). The molecule has 2 amide bonds. The molecule has 0 N–H and O–H groups in total. The fourth-order valence-corrected chi connectivity index (χ4v) is 6.16. The predicted octanol–water partition coefficient (Wildman–Crippen LogP) is 3.59. The number of benzene rings is 1. The first-order chi connectivity index (χ1) is 16.5. The van der Waals surface area contributed by atoms with E-state index >= 15 is 0 Å². The third kappa shape index (κ3) is 5.59. The van der Waals surface area contributed by atoms with Gasteiger partial charge in [0.25, 0.3) is 0 Å². The van der Waals surface area contributed by atoms with Gasteiger partial charge in [0.05, 0.1) is 5.92 Å². The van der Waals surface area contributed by atoms with Gasteiger partial charge in [0.1, 0.15) is 12.4 Å². The monoisotopic (exact) mass is 467 g/mol. The summed E-state index contributed by atoms with van der Waals surface area (Å²) in [5, 5.41) is 0. The first-order valence-corrected chi connectivity index (χ1v) is 13.5. The van der Waals surface area contributed by atoms with Crippen LogP contribution < -0.4 is 4.74 Å². The van der Waals surface area contributed by atoms with Crippen molar-refractivity contribution in [1.29, 1.82) is 0 Å². The minimum Gasteiger partial charge on any atom is -0.492 e. The molecule has 1 aromatic rings. The number of amides is 2. The summed E-state index contributed by atoms with van der Waals surface area (Å²) in [5.41, 5.74) is 1.64. The fraction of sp³-hybridized carbons (Fsp3) is 0.714. The van der Waals surface area contributed by atoms with Gasteiger partial charge >= 0.3 is 0 Å². The lowest BCUT2D eigenvalue weighted by molar-refractivity contribution is -0.149. The average Bonchev–Trinajstić information content (AvgIpc) is 3.60. The number of hydrogen-bond donors (Lipinski definition) is 0. The number of ether oxygens (including phenoxy) is 1. The van der Waals surface area contributed by atoms with E-state index < -0.39 is 0 Å². The van der Waals surface area contributed by atoms with E-state index in [1.54, 1.807) is 11.8 Å². The van der Waals surface area contributed by atoms with E-state index in [0.717, 1.165) is 63.7 Å². The first-order valence-electron chi connectivity index (χ1n) is 13.5. The molecule has 34 heavy (non-hydrogen) atoms. The molecule has 186 valence electrons. The second-order valence-electron chi connectivity index (χ2n) is 11.3. The minimum absolute atomic E-state index is 0.0119. The summed E-state index contributed by atoms with van der Waals surface area (Å²) < 4.78 is 6.26. The summed E-state index contributed by atoms with van der Waals surface area (Å²) in [4.78, 5) is 31.1. The Bertz CT molecular complexity index is 869. The van der Waals surface area contributed by atoms with Crippen LogP contribution in [0.4, 0.5) is 0 Å². The fourth-order valence-electron chi connectivity index (χ4n) is 6.16. The van der Waals surface area contributed by atoms with Crippen LogP contribution in [-0.2, 0) is 16.0 Å². The maximum atomic E-state index is 13.0. The van der Waals surface area contributed by atoms with Crippen LogP contribution in [0.3, 0.4) is 0 Å². The zero-order valence-corrected chi connectivity index (χ0v) is 20.8. The van der Waals surface area contributed by atoms with Crippen molar-refractivity contribution in [1.82, 2.24) is 14.7 Å². The van der Waals surface area contributed by atoms with Crippen molar-refractivity contribution in [3.8, 4) is 5.75 Å². The molecule has 3 aliphatic heterocycles. The molecule has 4 aliphatic rings. The Labute approximate surface area is 204 Å². The molecule has 0 atom stereocenters. The molecule has 0 aromatic heterocycles. The van der Waals surface area contributed by atoms with Crippen molar-refractivity contribution in [2.45, 2.75) is 58.3 Å². The minimum atomic E-state index is 0.0119. The second kappa shape index (κ2) is 10.3. The summed E-state index contributed by atoms with van der Waals surface area (Å²) in [7, 11) is 0. The summed E-state index contributed by atoms with van der Waals surface area (Å²) in [6, 6.07) is 8.55. The highest BCUT2D eigenvalue weighted by Gasteiger charge is 2.42. The van der Waals surface area contributed by atoms with Crippen LogP contribution in [0.15, 0.2) is 24.3 Å². The maximum absolute atomic E-state index is 13.0. The highest BCUT2D eigenvalue weighted by Crippen LogP contribution is 2.40. The number of fused-ring (bicyclic) bond motifs is 1. The lowest BCUT2D eigenvalue weighted by atomic mass is 9.73. The number of piperidine rings is 1. The van der Waals surface area contributed by atoms with Crippen molar-refractivity contribution in [3.05, 3.63) is 29.8 Å². The highest BCUT2D eigenvalue weighted by atomic mass is 16.5. The Morgan fingerprint density at radius 3 is 2.50 bits per heavy atom. The topological polar surface area (TPSA) is 53.1 Å². The van der Waals surface area contributed by atoms with E-state index in [4.69, 9.17) is 4.74 Å². The Balaban J connectivity index is 1.23. The van der Waals surface area contributed by atoms with Crippen LogP contribution in [0, 0.1) is 17.3 Å². The molecule has 3 heterocycles. The van der Waals surface area contributed by atoms with E-state index in [0.29, 0.717) is 18.5 Å². The Hall–Kier alpha value is -2.08. The molecule has 0 unspecified atom stereocenters. The molecular formula is C28H41N3O3. The van der Waals surface area contributed by atoms with Crippen molar-refractivity contribution >= 4 is 11.8 Å². The van der Waals surface area contributed by atoms with E-state index in [1.165, 1.54) is 44.2 Å². The van der Waals surface area contributed by atoms with E-state index in [-0.39, 0.29) is 17.7 Å². The summed E-state index contributed by atoms with van der Waals surface area (Å²) in [6.07, 6.45) is 9.69. The van der Waals surface area contributed by atoms with Gasteiger partial charge in [0.2, 0.25) is 11.8 Å². The first kappa shape index (κ1) is 23.7. The van der Waals surface area contributed by atoms with Crippen LogP contribution in [0.5, 0.6) is 5.75 Å². The summed E-state index contributed by atoms with van der Waals surface area (Å²) >= 11 is 0. The van der Waals surface area contributed by atoms with Gasteiger partial charge in [-0.1, -0.05) is 24.6 Å². The molecular weight excluding hydrogens is 426 g/mol. The van der Waals surface area contributed by atoms with E-state index in [2.05, 4.69) is 34.1 Å². The van der Waals surface area contributed by atoms with Crippen LogP contribution in [-0.4, -0.2) is 78.9 Å². The largest absolute Gasteiger partial charge is 0.492 e. The zero-order valence-electron chi connectivity index (χ0n) is 20.8. The lowest BCUT2D eigenvalue weighted by Crippen LogP contribution is -2.58. The number of para-hydroxylation sites is 1. The average molecular weight is 468 g/mol. The molecule has 6 heteroatoms. The van der Waals surface area contributed by atoms with Gasteiger partial charge in [-0.3, -0.25) is 14.5 Å². The Morgan fingerprint density at radius 2 is 1.76 bits per heavy atom. The van der Waals surface area contributed by atoms with Gasteiger partial charge in [0, 0.05) is 52.7 Å². The number of carbonyl (C=O) groups is 2. The normalized spacial score (nSPS) is 24.4. The number of hydrogen-bond acceptors (Lipinski definition) is 4. The quantitative estimate of drug-likeness (QED) is 0.682. The molecule has 1 spiro atoms. The molecule has 1 aromatic carbocycles. The van der Waals surface area contributed by atoms with Gasteiger partial charge < -0.3 is 14.5 Å². The number of likely N-dealkylation sites (tertiary alicyclic amines) is 2. The maximum Gasteiger partial charge on any atom is 0.229 e. The molecule has 2 saturated heterocycles. The van der Waals surface area contributed by atoms with Gasteiger partial charge in [-0.15, -0.1) is 0 Å². The number of rotatable bonds is 3. The highest BCUT2D eigenvalue weighted by molar-refractivity contribution is 5.83. The SMILES string of the molecule is CC(=O)N1CC(C(=O)N2CCC3(CCCCc4ccccc4OCCN(CC4CC4)C3)CC2)C1. The van der Waals surface area contributed by atoms with Crippen molar-refractivity contribution < 1.29 is 14.3 Å². The van der Waals surface area contributed by atoms with Crippen LogP contribution in [0.2, 0.25) is 0 Å². The molecule has 1 saturated carbocycles. The number of nitrogens with zero attached hydrogens (tertiary/aromatic N) is 3. The molecule has 3 fully saturated rings. The molecule has 1 aliphatic carbocycles. The number of carbonyl (C=O) groups excluding carboxylic acids is 2. The van der Waals surface area contributed by atoms with Crippen LogP contribution in [0.1, 0.15) is 57.4 Å². The molecule has 0 bridgehead atoms. The summed E-state index contributed by atoms with van der Waals surface area (Å²) in [6.45, 7) is 8.59. The Kier molecular flexibility index (Phi) is 7.14. The predicted molar refractivity (Wildman–Crippen MR) is 133 cm³/mol. The van der Waals surface area contributed by atoms with Crippen LogP contribution >= 0.6 is 0 Å². The van der Waals surface area contributed by atoms with Gasteiger partial charge in [0.15, 0.2) is 0 Å². The van der Waals surface area contributed by atoms with Gasteiger partial charge in [-0.05, 0) is 67.9 Å². The Morgan fingerprint density at radius 1 is 1.00 bits per heavy atom. The third-order valence-electron chi connectivity index (χ3n) is 8.63. The lowest BCUT2D eigenvalue weighted by Gasteiger charge is -2.47. The third-order valence-corrected chi connectivity index (χ3v) is 8.63. The smallest absolute Gasteiger partial charge is 0.229 e. The van der Waals surface area contributed by atoms with Gasteiger partial charge in [-0.25, -0.2) is 0 Å². The van der Waals surface area contributed by atoms with Crippen LogP contribution in [0.25, 0.3) is 0 Å².